The summed E-state index contributed by atoms with van der Waals surface area (Å²) in [5.74, 6) is 0. The van der Waals surface area contributed by atoms with Crippen LogP contribution in [0.4, 0.5) is 0 Å². The van der Waals surface area contributed by atoms with Gasteiger partial charge in [0, 0.05) is 32.8 Å². The van der Waals surface area contributed by atoms with Gasteiger partial charge in [0.15, 0.2) is 0 Å². The van der Waals surface area contributed by atoms with Crippen LogP contribution in [0.5, 0.6) is 0 Å². The van der Waals surface area contributed by atoms with Crippen LogP contribution in [0.15, 0.2) is 194 Å². The third-order valence-corrected chi connectivity index (χ3v) is 10.9. The molecule has 0 radical (unpaired) electrons. The molecule has 11 rings (SSSR count). The fraction of sp³-hybridized carbons (Fsp3) is 0. The number of fused-ring (bicyclic) bond motifs is 8. The number of nitrogens with zero attached hydrogens (tertiary/aromatic N) is 2. The van der Waals surface area contributed by atoms with Gasteiger partial charge in [0.25, 0.3) is 0 Å². The van der Waals surface area contributed by atoms with E-state index in [2.05, 4.69) is 199 Å². The van der Waals surface area contributed by atoms with Crippen LogP contribution < -0.4 is 0 Å². The van der Waals surface area contributed by atoms with E-state index >= 15 is 0 Å². The van der Waals surface area contributed by atoms with Crippen molar-refractivity contribution in [1.29, 1.82) is 0 Å². The first-order chi connectivity index (χ1) is 26.2. The summed E-state index contributed by atoms with van der Waals surface area (Å²) in [6.45, 7) is 0. The molecule has 0 aliphatic rings. The van der Waals surface area contributed by atoms with Gasteiger partial charge >= 0.3 is 0 Å². The second-order valence-corrected chi connectivity index (χ2v) is 14.0. The van der Waals surface area contributed by atoms with Gasteiger partial charge in [-0.05, 0) is 104 Å². The van der Waals surface area contributed by atoms with Crippen molar-refractivity contribution in [1.82, 2.24) is 9.55 Å². The molecule has 2 aromatic heterocycles. The van der Waals surface area contributed by atoms with Gasteiger partial charge in [-0.2, -0.15) is 0 Å². The number of rotatable bonds is 4. The molecule has 0 unspecified atom stereocenters. The van der Waals surface area contributed by atoms with Crippen LogP contribution in [0.25, 0.3) is 104 Å². The summed E-state index contributed by atoms with van der Waals surface area (Å²) in [4.78, 5) is 5.32. The monoisotopic (exact) mass is 672 g/mol. The van der Waals surface area contributed by atoms with E-state index in [9.17, 15) is 0 Å². The van der Waals surface area contributed by atoms with Crippen LogP contribution in [0, 0.1) is 0 Å². The summed E-state index contributed by atoms with van der Waals surface area (Å²) in [7, 11) is 0. The van der Waals surface area contributed by atoms with E-state index in [4.69, 9.17) is 4.98 Å². The molecule has 0 saturated heterocycles. The van der Waals surface area contributed by atoms with E-state index in [1.54, 1.807) is 0 Å². The highest BCUT2D eigenvalue weighted by Gasteiger charge is 2.17. The Labute approximate surface area is 306 Å². The Hall–Kier alpha value is -7.03. The Balaban J connectivity index is 1.02. The quantitative estimate of drug-likeness (QED) is 0.170. The Morgan fingerprint density at radius 1 is 0.302 bits per heavy atom. The number of benzene rings is 9. The Bertz CT molecular complexity index is 3210. The van der Waals surface area contributed by atoms with Crippen molar-refractivity contribution >= 4 is 65.0 Å². The maximum absolute atomic E-state index is 5.32. The Morgan fingerprint density at radius 2 is 0.849 bits per heavy atom. The summed E-state index contributed by atoms with van der Waals surface area (Å²) in [6, 6.07) is 70.4. The van der Waals surface area contributed by atoms with Crippen LogP contribution in [0.2, 0.25) is 0 Å². The lowest BCUT2D eigenvalue weighted by Gasteiger charge is -2.13. The van der Waals surface area contributed by atoms with E-state index < -0.39 is 0 Å². The van der Waals surface area contributed by atoms with Gasteiger partial charge in [-0.25, -0.2) is 4.98 Å². The lowest BCUT2D eigenvalue weighted by atomic mass is 9.95. The molecule has 0 aliphatic heterocycles. The molecule has 0 N–H and O–H groups in total. The minimum absolute atomic E-state index is 0.997. The van der Waals surface area contributed by atoms with Crippen molar-refractivity contribution in [3.05, 3.63) is 194 Å². The number of hydrogen-bond donors (Lipinski definition) is 0. The SMILES string of the molecule is c1ccc(-n2c3ccccc3c3cc4c(cc32)c(-c2ccc(-c3ccc5cc(-c6ccc7ccccc7c6)ccc5c3)cc2)nc2ccccc24)cc1. The summed E-state index contributed by atoms with van der Waals surface area (Å²) < 4.78 is 2.39. The molecule has 0 amide bonds. The third-order valence-electron chi connectivity index (χ3n) is 10.9. The molecule has 0 atom stereocenters. The fourth-order valence-corrected chi connectivity index (χ4v) is 8.28. The average Bonchev–Trinajstić information content (AvgIpc) is 3.56. The van der Waals surface area contributed by atoms with Crippen molar-refractivity contribution in [2.45, 2.75) is 0 Å². The lowest BCUT2D eigenvalue weighted by molar-refractivity contribution is 1.18. The molecule has 0 saturated carbocycles. The summed E-state index contributed by atoms with van der Waals surface area (Å²) in [6.07, 6.45) is 0. The standard InChI is InChI=1S/C51H32N2/c1-2-12-42(13-3-1)53-49-17-9-7-15-44(49)46-31-45-43-14-6-8-16-48(43)52-51(47(45)32-50(46)53)35-21-18-34(19-22-35)37-24-25-40-30-41(27-26-39(40)29-37)38-23-20-33-10-4-5-11-36(33)28-38/h1-32H. The summed E-state index contributed by atoms with van der Waals surface area (Å²) in [5, 5.41) is 11.0. The van der Waals surface area contributed by atoms with E-state index in [-0.39, 0.29) is 0 Å². The molecule has 0 bridgehead atoms. The van der Waals surface area contributed by atoms with Crippen LogP contribution in [0.3, 0.4) is 0 Å². The van der Waals surface area contributed by atoms with Gasteiger partial charge in [-0.1, -0.05) is 140 Å². The van der Waals surface area contributed by atoms with Gasteiger partial charge in [0.05, 0.1) is 22.2 Å². The molecule has 53 heavy (non-hydrogen) atoms. The zero-order valence-corrected chi connectivity index (χ0v) is 28.9. The van der Waals surface area contributed by atoms with Crippen molar-refractivity contribution < 1.29 is 0 Å². The second kappa shape index (κ2) is 11.8. The minimum atomic E-state index is 0.997. The van der Waals surface area contributed by atoms with Crippen molar-refractivity contribution in [3.8, 4) is 39.2 Å². The molecular formula is C51H32N2. The van der Waals surface area contributed by atoms with E-state index in [1.165, 1.54) is 76.4 Å². The minimum Gasteiger partial charge on any atom is -0.309 e. The smallest absolute Gasteiger partial charge is 0.0788 e. The highest BCUT2D eigenvalue weighted by atomic mass is 15.0. The van der Waals surface area contributed by atoms with Gasteiger partial charge in [0.2, 0.25) is 0 Å². The molecule has 2 nitrogen and oxygen atoms in total. The molecule has 246 valence electrons. The van der Waals surface area contributed by atoms with Gasteiger partial charge < -0.3 is 4.57 Å². The number of para-hydroxylation sites is 3. The van der Waals surface area contributed by atoms with E-state index in [0.717, 1.165) is 27.8 Å². The van der Waals surface area contributed by atoms with E-state index in [0.29, 0.717) is 0 Å². The predicted molar refractivity (Wildman–Crippen MR) is 225 cm³/mol. The van der Waals surface area contributed by atoms with Gasteiger partial charge in [-0.3, -0.25) is 0 Å². The zero-order chi connectivity index (χ0) is 34.9. The van der Waals surface area contributed by atoms with Crippen LogP contribution >= 0.6 is 0 Å². The fourth-order valence-electron chi connectivity index (χ4n) is 8.28. The highest BCUT2D eigenvalue weighted by molar-refractivity contribution is 6.20. The molecule has 9 aromatic carbocycles. The van der Waals surface area contributed by atoms with Crippen LogP contribution in [-0.2, 0) is 0 Å². The lowest BCUT2D eigenvalue weighted by Crippen LogP contribution is -1.94. The maximum Gasteiger partial charge on any atom is 0.0788 e. The molecule has 11 aromatic rings. The number of hydrogen-bond acceptors (Lipinski definition) is 1. The van der Waals surface area contributed by atoms with Gasteiger partial charge in [0.1, 0.15) is 0 Å². The molecule has 0 spiro atoms. The Kier molecular flexibility index (Phi) is 6.59. The average molecular weight is 673 g/mol. The summed E-state index contributed by atoms with van der Waals surface area (Å²) >= 11 is 0. The zero-order valence-electron chi connectivity index (χ0n) is 28.9. The van der Waals surface area contributed by atoms with Crippen molar-refractivity contribution in [3.63, 3.8) is 0 Å². The van der Waals surface area contributed by atoms with E-state index in [1.807, 2.05) is 0 Å². The number of aromatic nitrogens is 2. The molecule has 0 aliphatic carbocycles. The van der Waals surface area contributed by atoms with Gasteiger partial charge in [-0.15, -0.1) is 0 Å². The molecule has 0 fully saturated rings. The topological polar surface area (TPSA) is 17.8 Å². The third kappa shape index (κ3) is 4.84. The molecule has 2 heteroatoms. The van der Waals surface area contributed by atoms with Crippen LogP contribution in [-0.4, -0.2) is 9.55 Å². The first-order valence-corrected chi connectivity index (χ1v) is 18.2. The molecular weight excluding hydrogens is 641 g/mol. The summed E-state index contributed by atoms with van der Waals surface area (Å²) in [5.41, 5.74) is 11.5. The van der Waals surface area contributed by atoms with Crippen molar-refractivity contribution in [2.24, 2.45) is 0 Å². The first-order valence-electron chi connectivity index (χ1n) is 18.2. The molecule has 2 heterocycles. The van der Waals surface area contributed by atoms with Crippen molar-refractivity contribution in [2.75, 3.05) is 0 Å². The maximum atomic E-state index is 5.32. The first kappa shape index (κ1) is 29.7. The second-order valence-electron chi connectivity index (χ2n) is 14.0. The normalized spacial score (nSPS) is 11.8. The highest BCUT2D eigenvalue weighted by Crippen LogP contribution is 2.40. The van der Waals surface area contributed by atoms with Crippen LogP contribution in [0.1, 0.15) is 0 Å². The predicted octanol–water partition coefficient (Wildman–Crippen LogP) is 13.8. The largest absolute Gasteiger partial charge is 0.309 e. The Morgan fingerprint density at radius 3 is 1.60 bits per heavy atom. The number of pyridine rings is 1.